The summed E-state index contributed by atoms with van der Waals surface area (Å²) in [5.74, 6) is 1.34. The maximum Gasteiger partial charge on any atom is 0.241 e. The molecule has 1 aliphatic heterocycles. The van der Waals surface area contributed by atoms with Gasteiger partial charge in [0.1, 0.15) is 19.3 Å². The second-order valence-electron chi connectivity index (χ2n) is 3.74. The highest BCUT2D eigenvalue weighted by Gasteiger charge is 2.20. The van der Waals surface area contributed by atoms with Gasteiger partial charge in [0.15, 0.2) is 11.5 Å². The Bertz CT molecular complexity index is 420. The van der Waals surface area contributed by atoms with Gasteiger partial charge in [-0.1, -0.05) is 6.07 Å². The first kappa shape index (κ1) is 11.7. The molecule has 0 radical (unpaired) electrons. The number of likely N-dealkylation sites (N-methyl/N-ethyl adjacent to an activating group) is 2. The van der Waals surface area contributed by atoms with Crippen molar-refractivity contribution in [3.63, 3.8) is 0 Å². The van der Waals surface area contributed by atoms with E-state index in [-0.39, 0.29) is 11.9 Å². The quantitative estimate of drug-likeness (QED) is 0.800. The van der Waals surface area contributed by atoms with E-state index in [1.807, 2.05) is 18.2 Å². The van der Waals surface area contributed by atoms with Gasteiger partial charge >= 0.3 is 0 Å². The van der Waals surface area contributed by atoms with Gasteiger partial charge in [-0.3, -0.25) is 4.79 Å². The minimum atomic E-state index is -0.379. The van der Waals surface area contributed by atoms with Gasteiger partial charge < -0.3 is 20.1 Å². The number of ether oxygens (including phenoxy) is 2. The summed E-state index contributed by atoms with van der Waals surface area (Å²) in [6.07, 6.45) is 0. The average Bonchev–Trinajstić information content (AvgIpc) is 2.39. The number of fused-ring (bicyclic) bond motifs is 1. The molecular weight excluding hydrogens is 220 g/mol. The second-order valence-corrected chi connectivity index (χ2v) is 3.74. The minimum absolute atomic E-state index is 0.0795. The number of amides is 1. The molecule has 2 N–H and O–H groups in total. The number of rotatable bonds is 3. The van der Waals surface area contributed by atoms with Gasteiger partial charge in [0, 0.05) is 7.05 Å². The van der Waals surface area contributed by atoms with Gasteiger partial charge in [0.2, 0.25) is 5.91 Å². The zero-order chi connectivity index (χ0) is 12.3. The molecule has 5 heteroatoms. The Labute approximate surface area is 100 Å². The van der Waals surface area contributed by atoms with Crippen molar-refractivity contribution in [1.82, 2.24) is 10.6 Å². The first-order valence-electron chi connectivity index (χ1n) is 5.54. The molecule has 2 rings (SSSR count). The van der Waals surface area contributed by atoms with Crippen LogP contribution in [0.5, 0.6) is 11.5 Å². The third-order valence-electron chi connectivity index (χ3n) is 2.70. The fourth-order valence-electron chi connectivity index (χ4n) is 1.83. The molecule has 1 aromatic rings. The maximum absolute atomic E-state index is 11.7. The van der Waals surface area contributed by atoms with Crippen LogP contribution >= 0.6 is 0 Å². The Morgan fingerprint density at radius 1 is 1.24 bits per heavy atom. The fraction of sp³-hybridized carbons (Fsp3) is 0.417. The normalized spacial score (nSPS) is 15.2. The van der Waals surface area contributed by atoms with E-state index in [1.54, 1.807) is 14.1 Å². The number of carbonyl (C=O) groups is 1. The van der Waals surface area contributed by atoms with Crippen LogP contribution in [0.25, 0.3) is 0 Å². The van der Waals surface area contributed by atoms with E-state index in [1.165, 1.54) is 0 Å². The van der Waals surface area contributed by atoms with E-state index in [0.717, 1.165) is 11.3 Å². The van der Waals surface area contributed by atoms with Crippen molar-refractivity contribution in [3.8, 4) is 11.5 Å². The van der Waals surface area contributed by atoms with Gasteiger partial charge in [0.05, 0.1) is 0 Å². The van der Waals surface area contributed by atoms with Crippen molar-refractivity contribution in [3.05, 3.63) is 23.8 Å². The second kappa shape index (κ2) is 5.05. The Kier molecular flexibility index (Phi) is 3.49. The van der Waals surface area contributed by atoms with E-state index in [0.29, 0.717) is 19.0 Å². The minimum Gasteiger partial charge on any atom is -0.486 e. The number of hydrogen-bond acceptors (Lipinski definition) is 4. The summed E-state index contributed by atoms with van der Waals surface area (Å²) in [6.45, 7) is 1.11. The predicted octanol–water partition coefficient (Wildman–Crippen LogP) is 0.464. The Morgan fingerprint density at radius 2 is 1.94 bits per heavy atom. The molecule has 1 aromatic carbocycles. The number of hydrogen-bond donors (Lipinski definition) is 2. The van der Waals surface area contributed by atoms with Gasteiger partial charge in [-0.25, -0.2) is 0 Å². The molecule has 0 saturated carbocycles. The third-order valence-corrected chi connectivity index (χ3v) is 2.70. The highest BCUT2D eigenvalue weighted by atomic mass is 16.6. The third kappa shape index (κ3) is 2.34. The van der Waals surface area contributed by atoms with Crippen LogP contribution in [0.3, 0.4) is 0 Å². The Morgan fingerprint density at radius 3 is 2.59 bits per heavy atom. The van der Waals surface area contributed by atoms with Crippen LogP contribution in [0.2, 0.25) is 0 Å². The van der Waals surface area contributed by atoms with Gasteiger partial charge in [-0.05, 0) is 24.7 Å². The van der Waals surface area contributed by atoms with Crippen LogP contribution in [0, 0.1) is 0 Å². The van der Waals surface area contributed by atoms with E-state index < -0.39 is 0 Å². The number of benzene rings is 1. The largest absolute Gasteiger partial charge is 0.486 e. The van der Waals surface area contributed by atoms with Crippen LogP contribution in [0.4, 0.5) is 0 Å². The van der Waals surface area contributed by atoms with Crippen LogP contribution in [0.1, 0.15) is 11.6 Å². The molecule has 1 heterocycles. The molecule has 0 fully saturated rings. The molecule has 1 unspecified atom stereocenters. The SMILES string of the molecule is CNC(=O)C(NC)c1ccc2c(c1)OCCO2. The first-order valence-corrected chi connectivity index (χ1v) is 5.54. The smallest absolute Gasteiger partial charge is 0.241 e. The van der Waals surface area contributed by atoms with Crippen molar-refractivity contribution in [2.24, 2.45) is 0 Å². The molecule has 0 bridgehead atoms. The van der Waals surface area contributed by atoms with E-state index >= 15 is 0 Å². The standard InChI is InChI=1S/C12H16N2O3/c1-13-11(12(15)14-2)8-3-4-9-10(7-8)17-6-5-16-9/h3-4,7,11,13H,5-6H2,1-2H3,(H,14,15). The molecule has 0 saturated heterocycles. The van der Waals surface area contributed by atoms with Crippen molar-refractivity contribution < 1.29 is 14.3 Å². The Balaban J connectivity index is 2.29. The maximum atomic E-state index is 11.7. The van der Waals surface area contributed by atoms with Crippen LogP contribution < -0.4 is 20.1 Å². The topological polar surface area (TPSA) is 59.6 Å². The summed E-state index contributed by atoms with van der Waals surface area (Å²) in [7, 11) is 3.36. The summed E-state index contributed by atoms with van der Waals surface area (Å²) >= 11 is 0. The van der Waals surface area contributed by atoms with Gasteiger partial charge in [-0.2, -0.15) is 0 Å². The van der Waals surface area contributed by atoms with E-state index in [9.17, 15) is 4.79 Å². The van der Waals surface area contributed by atoms with Crippen LogP contribution in [0.15, 0.2) is 18.2 Å². The zero-order valence-electron chi connectivity index (χ0n) is 9.95. The molecule has 1 amide bonds. The van der Waals surface area contributed by atoms with Crippen molar-refractivity contribution >= 4 is 5.91 Å². The highest BCUT2D eigenvalue weighted by molar-refractivity contribution is 5.83. The van der Waals surface area contributed by atoms with Crippen molar-refractivity contribution in [2.45, 2.75) is 6.04 Å². The zero-order valence-corrected chi connectivity index (χ0v) is 9.95. The molecule has 17 heavy (non-hydrogen) atoms. The summed E-state index contributed by atoms with van der Waals surface area (Å²) in [5.41, 5.74) is 0.858. The molecule has 0 spiro atoms. The monoisotopic (exact) mass is 236 g/mol. The number of carbonyl (C=O) groups excluding carboxylic acids is 1. The van der Waals surface area contributed by atoms with Crippen molar-refractivity contribution in [1.29, 1.82) is 0 Å². The molecule has 1 aliphatic rings. The predicted molar refractivity (Wildman–Crippen MR) is 63.3 cm³/mol. The summed E-state index contributed by atoms with van der Waals surface area (Å²) in [5, 5.41) is 5.59. The van der Waals surface area contributed by atoms with Crippen LogP contribution in [-0.2, 0) is 4.79 Å². The molecule has 0 aliphatic carbocycles. The summed E-state index contributed by atoms with van der Waals surface area (Å²) < 4.78 is 10.9. The van der Waals surface area contributed by atoms with Crippen LogP contribution in [-0.4, -0.2) is 33.2 Å². The lowest BCUT2D eigenvalue weighted by Crippen LogP contribution is -2.33. The molecular formula is C12H16N2O3. The van der Waals surface area contributed by atoms with E-state index in [4.69, 9.17) is 9.47 Å². The van der Waals surface area contributed by atoms with E-state index in [2.05, 4.69) is 10.6 Å². The van der Waals surface area contributed by atoms with Crippen molar-refractivity contribution in [2.75, 3.05) is 27.3 Å². The lowest BCUT2D eigenvalue weighted by Gasteiger charge is -2.21. The number of nitrogens with one attached hydrogen (secondary N) is 2. The molecule has 92 valence electrons. The molecule has 5 nitrogen and oxygen atoms in total. The lowest BCUT2D eigenvalue weighted by atomic mass is 10.1. The highest BCUT2D eigenvalue weighted by Crippen LogP contribution is 2.32. The average molecular weight is 236 g/mol. The van der Waals surface area contributed by atoms with Gasteiger partial charge in [-0.15, -0.1) is 0 Å². The summed E-state index contributed by atoms with van der Waals surface area (Å²) in [4.78, 5) is 11.7. The molecule has 0 aromatic heterocycles. The summed E-state index contributed by atoms with van der Waals surface area (Å²) in [6, 6.07) is 5.15. The fourth-order valence-corrected chi connectivity index (χ4v) is 1.83. The molecule has 1 atom stereocenters. The Hall–Kier alpha value is -1.75. The lowest BCUT2D eigenvalue weighted by molar-refractivity contribution is -0.122. The van der Waals surface area contributed by atoms with Gasteiger partial charge in [0.25, 0.3) is 0 Å². The first-order chi connectivity index (χ1) is 8.26.